The second kappa shape index (κ2) is 3.47. The number of hydrogen-bond acceptors (Lipinski definition) is 3. The van der Waals surface area contributed by atoms with E-state index in [4.69, 9.17) is 5.73 Å². The molecule has 0 aromatic carbocycles. The summed E-state index contributed by atoms with van der Waals surface area (Å²) >= 11 is 1.76. The van der Waals surface area contributed by atoms with Gasteiger partial charge in [0.05, 0.1) is 6.04 Å². The topological polar surface area (TPSA) is 46.3 Å². The Labute approximate surface area is 81.2 Å². The van der Waals surface area contributed by atoms with Crippen molar-refractivity contribution in [2.45, 2.75) is 12.5 Å². The lowest BCUT2D eigenvalue weighted by molar-refractivity contribution is -0.120. The zero-order valence-corrected chi connectivity index (χ0v) is 8.09. The van der Waals surface area contributed by atoms with E-state index in [9.17, 15) is 4.79 Å². The van der Waals surface area contributed by atoms with E-state index in [1.807, 2.05) is 0 Å². The normalized spacial score (nSPS) is 21.3. The monoisotopic (exact) mass is 196 g/mol. The van der Waals surface area contributed by atoms with Crippen LogP contribution in [0.3, 0.4) is 0 Å². The number of amides is 1. The van der Waals surface area contributed by atoms with Crippen molar-refractivity contribution in [2.75, 3.05) is 13.1 Å². The summed E-state index contributed by atoms with van der Waals surface area (Å²) < 4.78 is 0. The standard InChI is InChI=1S/C9H12N2OS/c10-5-8-7-2-4-13-9(7)1-3-11(8)6-12/h2,4,6,8H,1,3,5,10H2. The Bertz CT molecular complexity index is 310. The molecular formula is C9H12N2OS. The lowest BCUT2D eigenvalue weighted by atomic mass is 10.0. The Kier molecular flexibility index (Phi) is 2.33. The molecule has 3 nitrogen and oxygen atoms in total. The van der Waals surface area contributed by atoms with Crippen molar-refractivity contribution < 1.29 is 4.79 Å². The van der Waals surface area contributed by atoms with E-state index in [1.54, 1.807) is 16.2 Å². The van der Waals surface area contributed by atoms with Crippen LogP contribution in [0.25, 0.3) is 0 Å². The van der Waals surface area contributed by atoms with E-state index in [0.717, 1.165) is 19.4 Å². The molecule has 0 radical (unpaired) electrons. The molecule has 2 heterocycles. The summed E-state index contributed by atoms with van der Waals surface area (Å²) in [5, 5.41) is 2.07. The fourth-order valence-corrected chi connectivity index (χ4v) is 2.73. The third kappa shape index (κ3) is 1.36. The Morgan fingerprint density at radius 2 is 2.62 bits per heavy atom. The average Bonchev–Trinajstić information content (AvgIpc) is 2.63. The van der Waals surface area contributed by atoms with E-state index in [-0.39, 0.29) is 6.04 Å². The summed E-state index contributed by atoms with van der Waals surface area (Å²) in [7, 11) is 0. The number of nitrogens with zero attached hydrogens (tertiary/aromatic N) is 1. The van der Waals surface area contributed by atoms with Crippen LogP contribution in [0.5, 0.6) is 0 Å². The molecule has 0 bridgehead atoms. The van der Waals surface area contributed by atoms with Gasteiger partial charge in [-0.15, -0.1) is 11.3 Å². The zero-order chi connectivity index (χ0) is 9.26. The van der Waals surface area contributed by atoms with E-state index < -0.39 is 0 Å². The highest BCUT2D eigenvalue weighted by Gasteiger charge is 2.25. The molecule has 1 amide bonds. The van der Waals surface area contributed by atoms with Crippen molar-refractivity contribution in [1.82, 2.24) is 4.90 Å². The van der Waals surface area contributed by atoms with Crippen molar-refractivity contribution in [3.05, 3.63) is 21.9 Å². The van der Waals surface area contributed by atoms with Gasteiger partial charge in [0.15, 0.2) is 0 Å². The molecule has 1 atom stereocenters. The molecule has 70 valence electrons. The summed E-state index contributed by atoms with van der Waals surface area (Å²) in [6, 6.07) is 2.18. The first-order valence-electron chi connectivity index (χ1n) is 4.34. The maximum absolute atomic E-state index is 10.7. The summed E-state index contributed by atoms with van der Waals surface area (Å²) in [5.41, 5.74) is 6.89. The molecule has 0 saturated heterocycles. The van der Waals surface area contributed by atoms with Crippen LogP contribution in [0, 0.1) is 0 Å². The first-order chi connectivity index (χ1) is 6.36. The van der Waals surface area contributed by atoms with Gasteiger partial charge in [-0.3, -0.25) is 4.79 Å². The van der Waals surface area contributed by atoms with Crippen LogP contribution in [0.15, 0.2) is 11.4 Å². The zero-order valence-electron chi connectivity index (χ0n) is 7.27. The number of carbonyl (C=O) groups is 1. The Balaban J connectivity index is 2.34. The first kappa shape index (κ1) is 8.72. The summed E-state index contributed by atoms with van der Waals surface area (Å²) in [4.78, 5) is 13.9. The smallest absolute Gasteiger partial charge is 0.210 e. The summed E-state index contributed by atoms with van der Waals surface area (Å²) in [6.07, 6.45) is 1.88. The molecule has 13 heavy (non-hydrogen) atoms. The van der Waals surface area contributed by atoms with E-state index >= 15 is 0 Å². The van der Waals surface area contributed by atoms with Crippen molar-refractivity contribution in [1.29, 1.82) is 0 Å². The maximum Gasteiger partial charge on any atom is 0.210 e. The number of thiophene rings is 1. The van der Waals surface area contributed by atoms with Gasteiger partial charge in [0, 0.05) is 18.0 Å². The highest BCUT2D eigenvalue weighted by Crippen LogP contribution is 2.31. The molecule has 1 unspecified atom stereocenters. The van der Waals surface area contributed by atoms with Gasteiger partial charge in [-0.05, 0) is 23.4 Å². The molecule has 1 aromatic heterocycles. The third-order valence-electron chi connectivity index (χ3n) is 2.49. The minimum absolute atomic E-state index is 0.104. The number of carbonyl (C=O) groups excluding carboxylic acids is 1. The molecule has 0 fully saturated rings. The largest absolute Gasteiger partial charge is 0.337 e. The maximum atomic E-state index is 10.7. The lowest BCUT2D eigenvalue weighted by Crippen LogP contribution is -2.37. The number of fused-ring (bicyclic) bond motifs is 1. The van der Waals surface area contributed by atoms with Gasteiger partial charge < -0.3 is 10.6 Å². The van der Waals surface area contributed by atoms with Gasteiger partial charge in [0.25, 0.3) is 0 Å². The van der Waals surface area contributed by atoms with Crippen molar-refractivity contribution >= 4 is 17.7 Å². The van der Waals surface area contributed by atoms with Crippen LogP contribution in [0.4, 0.5) is 0 Å². The molecule has 0 spiro atoms. The molecule has 0 saturated carbocycles. The molecular weight excluding hydrogens is 184 g/mol. The summed E-state index contributed by atoms with van der Waals surface area (Å²) in [5.74, 6) is 0. The predicted molar refractivity (Wildman–Crippen MR) is 52.6 cm³/mol. The molecule has 1 aliphatic rings. The average molecular weight is 196 g/mol. The van der Waals surface area contributed by atoms with E-state index in [2.05, 4.69) is 11.4 Å². The highest BCUT2D eigenvalue weighted by molar-refractivity contribution is 7.10. The van der Waals surface area contributed by atoms with Gasteiger partial charge in [-0.2, -0.15) is 0 Å². The van der Waals surface area contributed by atoms with Gasteiger partial charge in [-0.1, -0.05) is 0 Å². The predicted octanol–water partition coefficient (Wildman–Crippen LogP) is 0.762. The van der Waals surface area contributed by atoms with Gasteiger partial charge in [0.1, 0.15) is 0 Å². The number of rotatable bonds is 2. The summed E-state index contributed by atoms with van der Waals surface area (Å²) in [6.45, 7) is 1.32. The van der Waals surface area contributed by atoms with Gasteiger partial charge in [0.2, 0.25) is 6.41 Å². The van der Waals surface area contributed by atoms with Gasteiger partial charge in [-0.25, -0.2) is 0 Å². The van der Waals surface area contributed by atoms with E-state index in [1.165, 1.54) is 10.4 Å². The Morgan fingerprint density at radius 1 is 1.77 bits per heavy atom. The van der Waals surface area contributed by atoms with Crippen LogP contribution in [0.1, 0.15) is 16.5 Å². The fraction of sp³-hybridized carbons (Fsp3) is 0.444. The third-order valence-corrected chi connectivity index (χ3v) is 3.49. The van der Waals surface area contributed by atoms with Crippen molar-refractivity contribution in [3.63, 3.8) is 0 Å². The molecule has 1 aromatic rings. The Hall–Kier alpha value is -0.870. The van der Waals surface area contributed by atoms with E-state index in [0.29, 0.717) is 6.54 Å². The van der Waals surface area contributed by atoms with Crippen LogP contribution in [-0.4, -0.2) is 24.4 Å². The number of hydrogen-bond donors (Lipinski definition) is 1. The molecule has 4 heteroatoms. The Morgan fingerprint density at radius 3 is 3.31 bits per heavy atom. The minimum atomic E-state index is 0.104. The van der Waals surface area contributed by atoms with Crippen molar-refractivity contribution in [2.24, 2.45) is 5.73 Å². The lowest BCUT2D eigenvalue weighted by Gasteiger charge is -2.31. The SMILES string of the molecule is NCC1c2ccsc2CCN1C=O. The van der Waals surface area contributed by atoms with Crippen LogP contribution >= 0.6 is 11.3 Å². The molecule has 2 N–H and O–H groups in total. The fourth-order valence-electron chi connectivity index (χ4n) is 1.80. The quantitative estimate of drug-likeness (QED) is 0.710. The molecule has 0 aliphatic carbocycles. The first-order valence-corrected chi connectivity index (χ1v) is 5.22. The second-order valence-corrected chi connectivity index (χ2v) is 4.14. The van der Waals surface area contributed by atoms with Crippen LogP contribution in [-0.2, 0) is 11.2 Å². The molecule has 1 aliphatic heterocycles. The van der Waals surface area contributed by atoms with Crippen LogP contribution in [0.2, 0.25) is 0 Å². The van der Waals surface area contributed by atoms with Gasteiger partial charge >= 0.3 is 0 Å². The van der Waals surface area contributed by atoms with Crippen molar-refractivity contribution in [3.8, 4) is 0 Å². The van der Waals surface area contributed by atoms with Crippen LogP contribution < -0.4 is 5.73 Å². The number of nitrogens with two attached hydrogens (primary N) is 1. The minimum Gasteiger partial charge on any atom is -0.337 e. The molecule has 2 rings (SSSR count). The highest BCUT2D eigenvalue weighted by atomic mass is 32.1. The second-order valence-electron chi connectivity index (χ2n) is 3.14.